The van der Waals surface area contributed by atoms with Crippen LogP contribution in [0, 0.1) is 11.8 Å². The second-order valence-electron chi connectivity index (χ2n) is 6.66. The lowest BCUT2D eigenvalue weighted by Crippen LogP contribution is -2.19. The third-order valence-electron chi connectivity index (χ3n) is 4.83. The second-order valence-corrected chi connectivity index (χ2v) is 6.66. The summed E-state index contributed by atoms with van der Waals surface area (Å²) in [6.45, 7) is 1.89. The first-order valence-corrected chi connectivity index (χ1v) is 9.13. The molecule has 0 amide bonds. The van der Waals surface area contributed by atoms with Gasteiger partial charge in [-0.05, 0) is 19.3 Å². The van der Waals surface area contributed by atoms with Gasteiger partial charge in [-0.2, -0.15) is 0 Å². The van der Waals surface area contributed by atoms with Crippen molar-refractivity contribution in [1.29, 1.82) is 0 Å². The molecule has 1 aliphatic rings. The number of carbonyl (C=O) groups excluding carboxylic acids is 2. The third-order valence-corrected chi connectivity index (χ3v) is 4.83. The van der Waals surface area contributed by atoms with Crippen LogP contribution in [0.15, 0.2) is 12.2 Å². The van der Waals surface area contributed by atoms with Crippen LogP contribution < -0.4 is 0 Å². The van der Waals surface area contributed by atoms with Crippen LogP contribution in [0.1, 0.15) is 64.7 Å². The van der Waals surface area contributed by atoms with E-state index in [9.17, 15) is 19.8 Å². The number of aliphatic hydroxyl groups is 2. The zero-order valence-corrected chi connectivity index (χ0v) is 14.9. The van der Waals surface area contributed by atoms with Crippen LogP contribution in [0.5, 0.6) is 0 Å². The molecule has 2 N–H and O–H groups in total. The lowest BCUT2D eigenvalue weighted by atomic mass is 9.88. The minimum atomic E-state index is -0.622. The van der Waals surface area contributed by atoms with Crippen molar-refractivity contribution in [3.63, 3.8) is 0 Å². The SMILES string of the molecule is CCC(O)/C=C/[C@H]1[C@H](O)CC(=O)[C@H]1CCCCCCCC(=O)OC. The smallest absolute Gasteiger partial charge is 0.305 e. The fraction of sp³-hybridized carbons (Fsp3) is 0.789. The zero-order chi connectivity index (χ0) is 17.9. The minimum Gasteiger partial charge on any atom is -0.469 e. The molecule has 0 bridgehead atoms. The molecule has 138 valence electrons. The second kappa shape index (κ2) is 11.4. The zero-order valence-electron chi connectivity index (χ0n) is 14.9. The van der Waals surface area contributed by atoms with Crippen LogP contribution >= 0.6 is 0 Å². The van der Waals surface area contributed by atoms with Crippen molar-refractivity contribution in [1.82, 2.24) is 0 Å². The van der Waals surface area contributed by atoms with Crippen LogP contribution in [0.3, 0.4) is 0 Å². The van der Waals surface area contributed by atoms with Crippen molar-refractivity contribution in [2.45, 2.75) is 76.9 Å². The van der Waals surface area contributed by atoms with Crippen molar-refractivity contribution in [2.75, 3.05) is 7.11 Å². The molecule has 1 unspecified atom stereocenters. The molecular weight excluding hydrogens is 308 g/mol. The first kappa shape index (κ1) is 20.8. The van der Waals surface area contributed by atoms with E-state index < -0.39 is 12.2 Å². The summed E-state index contributed by atoms with van der Waals surface area (Å²) in [6.07, 6.45) is 9.33. The molecule has 1 rings (SSSR count). The van der Waals surface area contributed by atoms with Gasteiger partial charge < -0.3 is 14.9 Å². The molecule has 0 heterocycles. The lowest BCUT2D eigenvalue weighted by Gasteiger charge is -2.17. The third kappa shape index (κ3) is 7.14. The Labute approximate surface area is 145 Å². The van der Waals surface area contributed by atoms with Crippen LogP contribution in [0.25, 0.3) is 0 Å². The van der Waals surface area contributed by atoms with E-state index in [1.165, 1.54) is 7.11 Å². The van der Waals surface area contributed by atoms with Crippen molar-refractivity contribution in [3.05, 3.63) is 12.2 Å². The largest absolute Gasteiger partial charge is 0.469 e. The van der Waals surface area contributed by atoms with E-state index in [0.717, 1.165) is 38.5 Å². The Morgan fingerprint density at radius 2 is 1.96 bits per heavy atom. The number of esters is 1. The van der Waals surface area contributed by atoms with Gasteiger partial charge in [0, 0.05) is 24.7 Å². The average molecular weight is 340 g/mol. The molecule has 0 spiro atoms. The highest BCUT2D eigenvalue weighted by Crippen LogP contribution is 2.34. The van der Waals surface area contributed by atoms with Crippen LogP contribution in [-0.4, -0.2) is 41.3 Å². The maximum atomic E-state index is 12.1. The van der Waals surface area contributed by atoms with Gasteiger partial charge in [0.1, 0.15) is 5.78 Å². The normalized spacial score (nSPS) is 25.3. The number of aliphatic hydroxyl groups excluding tert-OH is 2. The number of unbranched alkanes of at least 4 members (excludes halogenated alkanes) is 4. The number of ether oxygens (including phenoxy) is 1. The monoisotopic (exact) mass is 340 g/mol. The summed E-state index contributed by atoms with van der Waals surface area (Å²) >= 11 is 0. The van der Waals surface area contributed by atoms with Crippen molar-refractivity contribution < 1.29 is 24.5 Å². The molecule has 0 aromatic carbocycles. The summed E-state index contributed by atoms with van der Waals surface area (Å²) in [7, 11) is 1.40. The Morgan fingerprint density at radius 3 is 2.62 bits per heavy atom. The van der Waals surface area contributed by atoms with E-state index in [4.69, 9.17) is 0 Å². The van der Waals surface area contributed by atoms with Gasteiger partial charge in [-0.25, -0.2) is 0 Å². The molecule has 1 fully saturated rings. The Morgan fingerprint density at radius 1 is 1.29 bits per heavy atom. The number of ketones is 1. The number of Topliss-reactive ketones (excluding diaryl/α,β-unsaturated/α-hetero) is 1. The maximum absolute atomic E-state index is 12.1. The molecule has 0 aromatic heterocycles. The first-order valence-electron chi connectivity index (χ1n) is 9.13. The predicted molar refractivity (Wildman–Crippen MR) is 92.4 cm³/mol. The highest BCUT2D eigenvalue weighted by atomic mass is 16.5. The fourth-order valence-corrected chi connectivity index (χ4v) is 3.25. The number of rotatable bonds is 11. The summed E-state index contributed by atoms with van der Waals surface area (Å²) in [5, 5.41) is 19.7. The van der Waals surface area contributed by atoms with Gasteiger partial charge in [0.05, 0.1) is 19.3 Å². The summed E-state index contributed by atoms with van der Waals surface area (Å²) in [4.78, 5) is 23.1. The summed E-state index contributed by atoms with van der Waals surface area (Å²) < 4.78 is 4.60. The van der Waals surface area contributed by atoms with Gasteiger partial charge in [0.2, 0.25) is 0 Å². The van der Waals surface area contributed by atoms with Crippen molar-refractivity contribution in [2.24, 2.45) is 11.8 Å². The average Bonchev–Trinajstić information content (AvgIpc) is 2.84. The fourth-order valence-electron chi connectivity index (χ4n) is 3.25. The van der Waals surface area contributed by atoms with E-state index in [2.05, 4.69) is 4.74 Å². The number of methoxy groups -OCH3 is 1. The van der Waals surface area contributed by atoms with E-state index in [0.29, 0.717) is 12.8 Å². The van der Waals surface area contributed by atoms with Crippen LogP contribution in [0.2, 0.25) is 0 Å². The standard InChI is InChI=1S/C19H32O5/c1-3-14(20)11-12-16-15(17(21)13-18(16)22)9-7-5-4-6-8-10-19(23)24-2/h11-12,14-16,18,20,22H,3-10,13H2,1-2H3/b12-11+/t14?,15-,16+,18+/m0/s1. The molecule has 0 saturated heterocycles. The molecule has 5 heteroatoms. The van der Waals surface area contributed by atoms with Crippen LogP contribution in [0.4, 0.5) is 0 Å². The van der Waals surface area contributed by atoms with Gasteiger partial charge in [-0.3, -0.25) is 9.59 Å². The Balaban J connectivity index is 2.29. The molecule has 24 heavy (non-hydrogen) atoms. The molecule has 4 atom stereocenters. The predicted octanol–water partition coefficient (Wildman–Crippen LogP) is 2.78. The molecule has 0 radical (unpaired) electrons. The summed E-state index contributed by atoms with van der Waals surface area (Å²) in [6, 6.07) is 0. The van der Waals surface area contributed by atoms with Crippen LogP contribution in [-0.2, 0) is 14.3 Å². The van der Waals surface area contributed by atoms with E-state index in [-0.39, 0.29) is 30.0 Å². The summed E-state index contributed by atoms with van der Waals surface area (Å²) in [5.41, 5.74) is 0. The highest BCUT2D eigenvalue weighted by molar-refractivity contribution is 5.84. The van der Waals surface area contributed by atoms with Crippen molar-refractivity contribution in [3.8, 4) is 0 Å². The minimum absolute atomic E-state index is 0.129. The Bertz CT molecular complexity index is 418. The molecule has 1 aliphatic carbocycles. The first-order chi connectivity index (χ1) is 11.5. The van der Waals surface area contributed by atoms with Gasteiger partial charge in [-0.1, -0.05) is 44.8 Å². The van der Waals surface area contributed by atoms with E-state index in [1.807, 2.05) is 13.0 Å². The number of carbonyl (C=O) groups is 2. The Hall–Kier alpha value is -1.20. The molecule has 1 saturated carbocycles. The molecule has 0 aliphatic heterocycles. The number of hydrogen-bond acceptors (Lipinski definition) is 5. The van der Waals surface area contributed by atoms with Crippen molar-refractivity contribution >= 4 is 11.8 Å². The van der Waals surface area contributed by atoms with Gasteiger partial charge >= 0.3 is 5.97 Å². The number of hydrogen-bond donors (Lipinski definition) is 2. The topological polar surface area (TPSA) is 83.8 Å². The molecule has 5 nitrogen and oxygen atoms in total. The van der Waals surface area contributed by atoms with Gasteiger partial charge in [0.15, 0.2) is 0 Å². The van der Waals surface area contributed by atoms with Gasteiger partial charge in [-0.15, -0.1) is 0 Å². The van der Waals surface area contributed by atoms with E-state index >= 15 is 0 Å². The quantitative estimate of drug-likeness (QED) is 0.343. The van der Waals surface area contributed by atoms with E-state index in [1.54, 1.807) is 6.08 Å². The molecular formula is C19H32O5. The Kier molecular flexibility index (Phi) is 9.88. The lowest BCUT2D eigenvalue weighted by molar-refractivity contribution is -0.140. The van der Waals surface area contributed by atoms with Gasteiger partial charge in [0.25, 0.3) is 0 Å². The molecule has 0 aromatic rings. The highest BCUT2D eigenvalue weighted by Gasteiger charge is 2.39. The maximum Gasteiger partial charge on any atom is 0.305 e. The summed E-state index contributed by atoms with van der Waals surface area (Å²) in [5.74, 6) is -0.327.